The molecule has 1 aromatic heterocycles. The largest absolute Gasteiger partial charge is 0.353 e. The highest BCUT2D eigenvalue weighted by molar-refractivity contribution is 6.16. The van der Waals surface area contributed by atoms with E-state index in [9.17, 15) is 0 Å². The van der Waals surface area contributed by atoms with E-state index in [0.717, 1.165) is 0 Å². The Labute approximate surface area is 222 Å². The van der Waals surface area contributed by atoms with E-state index in [4.69, 9.17) is 0 Å². The first-order chi connectivity index (χ1) is 17.2. The molecule has 0 fully saturated rings. The van der Waals surface area contributed by atoms with Crippen molar-refractivity contribution in [3.8, 4) is 22.3 Å². The number of aryl methyl sites for hydroxylation is 4. The zero-order valence-corrected chi connectivity index (χ0v) is 24.3. The summed E-state index contributed by atoms with van der Waals surface area (Å²) in [5.74, 6) is 0. The first kappa shape index (κ1) is 25.3. The summed E-state index contributed by atoms with van der Waals surface area (Å²) >= 11 is 0. The minimum Gasteiger partial charge on any atom is -0.353 e. The Balaban J connectivity index is 1.97. The molecule has 0 bridgehead atoms. The van der Waals surface area contributed by atoms with Crippen molar-refractivity contribution in [2.24, 2.45) is 0 Å². The number of benzene rings is 4. The molecule has 190 valence electrons. The van der Waals surface area contributed by atoms with Crippen molar-refractivity contribution in [2.75, 3.05) is 0 Å². The smallest absolute Gasteiger partial charge is 0.0544 e. The van der Waals surface area contributed by atoms with Crippen LogP contribution in [-0.4, -0.2) is 4.98 Å². The Morgan fingerprint density at radius 3 is 1.05 bits per heavy atom. The Kier molecular flexibility index (Phi) is 5.90. The monoisotopic (exact) mass is 487 g/mol. The van der Waals surface area contributed by atoms with Gasteiger partial charge in [0.15, 0.2) is 0 Å². The van der Waals surface area contributed by atoms with Crippen LogP contribution in [0, 0.1) is 27.7 Å². The van der Waals surface area contributed by atoms with E-state index in [2.05, 4.69) is 135 Å². The van der Waals surface area contributed by atoms with Gasteiger partial charge in [0, 0.05) is 21.9 Å². The number of aromatic nitrogens is 1. The number of nitrogens with one attached hydrogen (secondary N) is 1. The molecule has 37 heavy (non-hydrogen) atoms. The highest BCUT2D eigenvalue weighted by Gasteiger charge is 2.23. The molecule has 5 aromatic rings. The minimum absolute atomic E-state index is 0.0452. The van der Waals surface area contributed by atoms with Gasteiger partial charge in [0.25, 0.3) is 0 Å². The van der Waals surface area contributed by atoms with Gasteiger partial charge < -0.3 is 4.98 Å². The van der Waals surface area contributed by atoms with Gasteiger partial charge in [-0.1, -0.05) is 100 Å². The van der Waals surface area contributed by atoms with Gasteiger partial charge in [0.2, 0.25) is 0 Å². The van der Waals surface area contributed by atoms with Gasteiger partial charge in [0.05, 0.1) is 11.0 Å². The van der Waals surface area contributed by atoms with E-state index >= 15 is 0 Å². The maximum absolute atomic E-state index is 3.95. The molecule has 5 rings (SSSR count). The molecule has 1 heteroatoms. The average Bonchev–Trinajstić information content (AvgIpc) is 3.14. The van der Waals surface area contributed by atoms with Gasteiger partial charge in [-0.2, -0.15) is 0 Å². The third kappa shape index (κ3) is 4.73. The highest BCUT2D eigenvalue weighted by atomic mass is 14.7. The maximum atomic E-state index is 3.95. The molecule has 0 spiro atoms. The predicted molar refractivity (Wildman–Crippen MR) is 163 cm³/mol. The van der Waals surface area contributed by atoms with E-state index in [-0.39, 0.29) is 10.8 Å². The van der Waals surface area contributed by atoms with Crippen LogP contribution in [0.25, 0.3) is 44.1 Å². The maximum Gasteiger partial charge on any atom is 0.0544 e. The second-order valence-electron chi connectivity index (χ2n) is 13.3. The zero-order valence-electron chi connectivity index (χ0n) is 24.3. The lowest BCUT2D eigenvalue weighted by Gasteiger charge is -2.22. The summed E-state index contributed by atoms with van der Waals surface area (Å²) in [6.45, 7) is 22.7. The number of fused-ring (bicyclic) bond motifs is 3. The van der Waals surface area contributed by atoms with E-state index in [0.29, 0.717) is 0 Å². The van der Waals surface area contributed by atoms with Crippen LogP contribution in [0.3, 0.4) is 0 Å². The average molecular weight is 488 g/mol. The molecule has 0 amide bonds. The fraction of sp³-hybridized carbons (Fsp3) is 0.333. The first-order valence-corrected chi connectivity index (χ1v) is 13.5. The van der Waals surface area contributed by atoms with Gasteiger partial charge in [-0.15, -0.1) is 0 Å². The predicted octanol–water partition coefficient (Wildman–Crippen LogP) is 10.5. The van der Waals surface area contributed by atoms with Crippen LogP contribution in [0.5, 0.6) is 0 Å². The van der Waals surface area contributed by atoms with Crippen molar-refractivity contribution in [1.82, 2.24) is 4.98 Å². The minimum atomic E-state index is 0.0452. The summed E-state index contributed by atoms with van der Waals surface area (Å²) in [5, 5.41) is 2.63. The van der Waals surface area contributed by atoms with Crippen LogP contribution in [0.15, 0.2) is 60.7 Å². The molecule has 0 aliphatic heterocycles. The summed E-state index contributed by atoms with van der Waals surface area (Å²) in [7, 11) is 0. The van der Waals surface area contributed by atoms with Crippen LogP contribution in [0.2, 0.25) is 0 Å². The quantitative estimate of drug-likeness (QED) is 0.255. The number of aromatic amines is 1. The standard InChI is InChI=1S/C36H41N/c1-21-11-22(2)14-25(13-21)29-17-27(35(5,6)7)19-31-32-20-28(36(8,9)10)18-30(34(32)37-33(29)31)26-15-23(3)12-24(4)16-26/h11-20,37H,1-10H3. The van der Waals surface area contributed by atoms with Crippen molar-refractivity contribution in [3.63, 3.8) is 0 Å². The Morgan fingerprint density at radius 1 is 0.432 bits per heavy atom. The van der Waals surface area contributed by atoms with Crippen molar-refractivity contribution >= 4 is 21.8 Å². The molecule has 4 aromatic carbocycles. The van der Waals surface area contributed by atoms with Crippen LogP contribution in [0.1, 0.15) is 74.9 Å². The fourth-order valence-corrected chi connectivity index (χ4v) is 5.69. The van der Waals surface area contributed by atoms with E-state index < -0.39 is 0 Å². The fourth-order valence-electron chi connectivity index (χ4n) is 5.69. The topological polar surface area (TPSA) is 15.8 Å². The zero-order chi connectivity index (χ0) is 26.9. The lowest BCUT2D eigenvalue weighted by Crippen LogP contribution is -2.11. The molecule has 0 aliphatic rings. The number of hydrogen-bond donors (Lipinski definition) is 1. The molecule has 0 saturated carbocycles. The van der Waals surface area contributed by atoms with Gasteiger partial charge in [-0.05, 0) is 85.0 Å². The molecule has 0 atom stereocenters. The van der Waals surface area contributed by atoms with E-state index in [1.807, 2.05) is 0 Å². The van der Waals surface area contributed by atoms with Gasteiger partial charge in [0.1, 0.15) is 0 Å². The van der Waals surface area contributed by atoms with Crippen LogP contribution in [0.4, 0.5) is 0 Å². The van der Waals surface area contributed by atoms with Gasteiger partial charge in [-0.3, -0.25) is 0 Å². The van der Waals surface area contributed by atoms with Crippen LogP contribution >= 0.6 is 0 Å². The number of rotatable bonds is 2. The molecule has 0 radical (unpaired) electrons. The summed E-state index contributed by atoms with van der Waals surface area (Å²) in [4.78, 5) is 3.95. The SMILES string of the molecule is Cc1cc(C)cc(-c2cc(C(C)(C)C)cc3c2[nH]c2c(-c4cc(C)cc(C)c4)cc(C(C)(C)C)cc23)c1. The molecular formula is C36H41N. The van der Waals surface area contributed by atoms with Crippen molar-refractivity contribution in [1.29, 1.82) is 0 Å². The summed E-state index contributed by atoms with van der Waals surface area (Å²) in [5.41, 5.74) is 15.6. The molecule has 1 heterocycles. The third-order valence-electron chi connectivity index (χ3n) is 7.61. The van der Waals surface area contributed by atoms with Gasteiger partial charge in [-0.25, -0.2) is 0 Å². The normalized spacial score (nSPS) is 12.6. The van der Waals surface area contributed by atoms with E-state index in [1.54, 1.807) is 0 Å². The van der Waals surface area contributed by atoms with Crippen LogP contribution in [-0.2, 0) is 10.8 Å². The lowest BCUT2D eigenvalue weighted by molar-refractivity contribution is 0.590. The Morgan fingerprint density at radius 2 is 0.757 bits per heavy atom. The Bertz CT molecular complexity index is 1500. The van der Waals surface area contributed by atoms with Crippen LogP contribution < -0.4 is 0 Å². The molecule has 0 unspecified atom stereocenters. The van der Waals surface area contributed by atoms with Crippen molar-refractivity contribution in [2.45, 2.75) is 80.1 Å². The van der Waals surface area contributed by atoms with Crippen molar-refractivity contribution < 1.29 is 0 Å². The molecule has 0 saturated heterocycles. The number of hydrogen-bond acceptors (Lipinski definition) is 0. The number of H-pyrrole nitrogens is 1. The summed E-state index contributed by atoms with van der Waals surface area (Å²) < 4.78 is 0. The first-order valence-electron chi connectivity index (χ1n) is 13.5. The highest BCUT2D eigenvalue weighted by Crippen LogP contribution is 2.43. The summed E-state index contributed by atoms with van der Waals surface area (Å²) in [6.07, 6.45) is 0. The summed E-state index contributed by atoms with van der Waals surface area (Å²) in [6, 6.07) is 23.5. The van der Waals surface area contributed by atoms with E-state index in [1.165, 1.54) is 77.4 Å². The second-order valence-corrected chi connectivity index (χ2v) is 13.3. The molecule has 1 nitrogen and oxygen atoms in total. The van der Waals surface area contributed by atoms with Gasteiger partial charge >= 0.3 is 0 Å². The van der Waals surface area contributed by atoms with Crippen molar-refractivity contribution in [3.05, 3.63) is 94.0 Å². The molecular weight excluding hydrogens is 446 g/mol. The molecule has 0 aliphatic carbocycles. The lowest BCUT2D eigenvalue weighted by atomic mass is 9.82. The second kappa shape index (κ2) is 8.62. The Hall–Kier alpha value is -3.32. The third-order valence-corrected chi connectivity index (χ3v) is 7.61. The molecule has 1 N–H and O–H groups in total.